The average molecular weight is 400 g/mol. The van der Waals surface area contributed by atoms with Crippen LogP contribution in [0.15, 0.2) is 71.6 Å². The standard InChI is InChI=1S/C22H22ClNO2S/c1-2-21(26-19-10-7-16-5-3-4-6-17(16)15-19)22(25)24-13-14-27-20-11-8-18(23)9-12-20/h3-12,15,21H,2,13-14H2,1H3,(H,24,25)/t21-/m0/s1. The summed E-state index contributed by atoms with van der Waals surface area (Å²) in [6.07, 6.45) is 0.120. The Kier molecular flexibility index (Phi) is 7.02. The van der Waals surface area contributed by atoms with E-state index in [-0.39, 0.29) is 5.91 Å². The first kappa shape index (κ1) is 19.6. The zero-order valence-corrected chi connectivity index (χ0v) is 16.7. The molecule has 1 N–H and O–H groups in total. The SMILES string of the molecule is CC[C@H](Oc1ccc2ccccc2c1)C(=O)NCCSc1ccc(Cl)cc1. The highest BCUT2D eigenvalue weighted by Gasteiger charge is 2.18. The van der Waals surface area contributed by atoms with Crippen molar-refractivity contribution in [2.45, 2.75) is 24.3 Å². The molecule has 3 aromatic rings. The molecule has 0 fully saturated rings. The first-order valence-electron chi connectivity index (χ1n) is 8.97. The van der Waals surface area contributed by atoms with Gasteiger partial charge in [-0.1, -0.05) is 48.9 Å². The number of carbonyl (C=O) groups is 1. The van der Waals surface area contributed by atoms with Crippen LogP contribution >= 0.6 is 23.4 Å². The van der Waals surface area contributed by atoms with Crippen molar-refractivity contribution in [2.24, 2.45) is 0 Å². The van der Waals surface area contributed by atoms with Crippen molar-refractivity contribution in [3.8, 4) is 5.75 Å². The van der Waals surface area contributed by atoms with Gasteiger partial charge in [-0.05, 0) is 53.6 Å². The monoisotopic (exact) mass is 399 g/mol. The molecule has 0 heterocycles. The highest BCUT2D eigenvalue weighted by atomic mass is 35.5. The van der Waals surface area contributed by atoms with E-state index < -0.39 is 6.10 Å². The highest BCUT2D eigenvalue weighted by Crippen LogP contribution is 2.22. The first-order chi connectivity index (χ1) is 13.2. The quantitative estimate of drug-likeness (QED) is 0.398. The number of nitrogens with one attached hydrogen (secondary N) is 1. The molecule has 3 rings (SSSR count). The molecule has 27 heavy (non-hydrogen) atoms. The van der Waals surface area contributed by atoms with Crippen LogP contribution in [0.3, 0.4) is 0 Å². The Morgan fingerprint density at radius 3 is 2.56 bits per heavy atom. The van der Waals surface area contributed by atoms with Gasteiger partial charge in [0.05, 0.1) is 0 Å². The van der Waals surface area contributed by atoms with Crippen molar-refractivity contribution >= 4 is 40.0 Å². The summed E-state index contributed by atoms with van der Waals surface area (Å²) in [5.41, 5.74) is 0. The molecule has 0 spiro atoms. The van der Waals surface area contributed by atoms with Crippen LogP contribution in [-0.4, -0.2) is 24.3 Å². The minimum absolute atomic E-state index is 0.0811. The number of hydrogen-bond donors (Lipinski definition) is 1. The maximum Gasteiger partial charge on any atom is 0.261 e. The smallest absolute Gasteiger partial charge is 0.261 e. The minimum atomic E-state index is -0.494. The average Bonchev–Trinajstić information content (AvgIpc) is 2.70. The van der Waals surface area contributed by atoms with Gasteiger partial charge in [0.2, 0.25) is 0 Å². The van der Waals surface area contributed by atoms with Gasteiger partial charge in [0.15, 0.2) is 6.10 Å². The molecule has 0 saturated heterocycles. The van der Waals surface area contributed by atoms with Crippen LogP contribution in [0.1, 0.15) is 13.3 Å². The summed E-state index contributed by atoms with van der Waals surface area (Å²) in [4.78, 5) is 13.6. The second-order valence-corrected chi connectivity index (χ2v) is 7.72. The third-order valence-corrected chi connectivity index (χ3v) is 5.41. The minimum Gasteiger partial charge on any atom is -0.481 e. The summed E-state index contributed by atoms with van der Waals surface area (Å²) in [6, 6.07) is 21.7. The van der Waals surface area contributed by atoms with Crippen molar-refractivity contribution in [3.05, 3.63) is 71.8 Å². The number of carbonyl (C=O) groups excluding carboxylic acids is 1. The van der Waals surface area contributed by atoms with E-state index >= 15 is 0 Å². The van der Waals surface area contributed by atoms with Crippen LogP contribution in [-0.2, 0) is 4.79 Å². The Labute approximate surface area is 169 Å². The van der Waals surface area contributed by atoms with Crippen LogP contribution in [0.2, 0.25) is 5.02 Å². The fourth-order valence-corrected chi connectivity index (χ4v) is 3.61. The molecule has 0 aliphatic rings. The van der Waals surface area contributed by atoms with E-state index in [2.05, 4.69) is 11.4 Å². The number of benzene rings is 3. The van der Waals surface area contributed by atoms with E-state index in [9.17, 15) is 4.79 Å². The number of halogens is 1. The second-order valence-electron chi connectivity index (χ2n) is 6.12. The van der Waals surface area contributed by atoms with Gasteiger partial charge in [-0.15, -0.1) is 11.8 Å². The molecule has 0 saturated carbocycles. The summed E-state index contributed by atoms with van der Waals surface area (Å²) in [6.45, 7) is 2.54. The van der Waals surface area contributed by atoms with Gasteiger partial charge in [-0.3, -0.25) is 4.79 Å². The number of rotatable bonds is 8. The second kappa shape index (κ2) is 9.67. The topological polar surface area (TPSA) is 38.3 Å². The molecular formula is C22H22ClNO2S. The van der Waals surface area contributed by atoms with E-state index in [0.29, 0.717) is 18.7 Å². The van der Waals surface area contributed by atoms with E-state index in [1.807, 2.05) is 67.6 Å². The zero-order valence-electron chi connectivity index (χ0n) is 15.2. The van der Waals surface area contributed by atoms with Crippen molar-refractivity contribution < 1.29 is 9.53 Å². The summed E-state index contributed by atoms with van der Waals surface area (Å²) in [5, 5.41) is 5.94. The fourth-order valence-electron chi connectivity index (χ4n) is 2.72. The summed E-state index contributed by atoms with van der Waals surface area (Å²) < 4.78 is 5.93. The van der Waals surface area contributed by atoms with Crippen LogP contribution in [0.25, 0.3) is 10.8 Å². The molecule has 1 amide bonds. The molecule has 0 aromatic heterocycles. The Morgan fingerprint density at radius 2 is 1.81 bits per heavy atom. The molecular weight excluding hydrogens is 378 g/mol. The predicted octanol–water partition coefficient (Wildman–Crippen LogP) is 5.56. The lowest BCUT2D eigenvalue weighted by Crippen LogP contribution is -2.39. The number of fused-ring (bicyclic) bond motifs is 1. The van der Waals surface area contributed by atoms with Gasteiger partial charge >= 0.3 is 0 Å². The third-order valence-electron chi connectivity index (χ3n) is 4.15. The van der Waals surface area contributed by atoms with E-state index in [1.165, 1.54) is 0 Å². The summed E-state index contributed by atoms with van der Waals surface area (Å²) in [5.74, 6) is 1.42. The third kappa shape index (κ3) is 5.65. The molecule has 140 valence electrons. The Bertz CT molecular complexity index is 898. The maximum absolute atomic E-state index is 12.4. The van der Waals surface area contributed by atoms with Crippen molar-refractivity contribution in [2.75, 3.05) is 12.3 Å². The molecule has 3 nitrogen and oxygen atoms in total. The van der Waals surface area contributed by atoms with Crippen molar-refractivity contribution in [1.29, 1.82) is 0 Å². The summed E-state index contributed by atoms with van der Waals surface area (Å²) in [7, 11) is 0. The van der Waals surface area contributed by atoms with E-state index in [4.69, 9.17) is 16.3 Å². The normalized spacial score (nSPS) is 11.9. The first-order valence-corrected chi connectivity index (χ1v) is 10.3. The Hall–Kier alpha value is -2.17. The number of amides is 1. The van der Waals surface area contributed by atoms with Gasteiger partial charge in [-0.2, -0.15) is 0 Å². The van der Waals surface area contributed by atoms with Crippen LogP contribution in [0, 0.1) is 0 Å². The van der Waals surface area contributed by atoms with Gasteiger partial charge in [0.1, 0.15) is 5.75 Å². The van der Waals surface area contributed by atoms with E-state index in [0.717, 1.165) is 26.4 Å². The predicted molar refractivity (Wildman–Crippen MR) is 114 cm³/mol. The van der Waals surface area contributed by atoms with Gasteiger partial charge < -0.3 is 10.1 Å². The molecule has 0 aliphatic heterocycles. The van der Waals surface area contributed by atoms with Crippen molar-refractivity contribution in [3.63, 3.8) is 0 Å². The number of hydrogen-bond acceptors (Lipinski definition) is 3. The summed E-state index contributed by atoms with van der Waals surface area (Å²) >= 11 is 7.57. The lowest BCUT2D eigenvalue weighted by atomic mass is 10.1. The lowest BCUT2D eigenvalue weighted by Gasteiger charge is -2.17. The molecule has 0 radical (unpaired) electrons. The fraction of sp³-hybridized carbons (Fsp3) is 0.227. The molecule has 0 bridgehead atoms. The largest absolute Gasteiger partial charge is 0.481 e. The van der Waals surface area contributed by atoms with Gasteiger partial charge in [-0.25, -0.2) is 0 Å². The van der Waals surface area contributed by atoms with Gasteiger partial charge in [0.25, 0.3) is 5.91 Å². The number of ether oxygens (including phenoxy) is 1. The van der Waals surface area contributed by atoms with Crippen LogP contribution < -0.4 is 10.1 Å². The number of thioether (sulfide) groups is 1. The Morgan fingerprint density at radius 1 is 1.07 bits per heavy atom. The lowest BCUT2D eigenvalue weighted by molar-refractivity contribution is -0.127. The van der Waals surface area contributed by atoms with Crippen LogP contribution in [0.5, 0.6) is 5.75 Å². The van der Waals surface area contributed by atoms with Gasteiger partial charge in [0, 0.05) is 22.2 Å². The maximum atomic E-state index is 12.4. The molecule has 0 unspecified atom stereocenters. The molecule has 1 atom stereocenters. The Balaban J connectivity index is 1.50. The molecule has 0 aliphatic carbocycles. The van der Waals surface area contributed by atoms with E-state index in [1.54, 1.807) is 11.8 Å². The van der Waals surface area contributed by atoms with Crippen molar-refractivity contribution in [1.82, 2.24) is 5.32 Å². The molecule has 3 aromatic carbocycles. The molecule has 5 heteroatoms. The zero-order chi connectivity index (χ0) is 19.1. The van der Waals surface area contributed by atoms with Crippen LogP contribution in [0.4, 0.5) is 0 Å². The highest BCUT2D eigenvalue weighted by molar-refractivity contribution is 7.99.